The van der Waals surface area contributed by atoms with Crippen molar-refractivity contribution in [1.82, 2.24) is 5.32 Å². The normalized spacial score (nSPS) is 44.8. The zero-order valence-electron chi connectivity index (χ0n) is 8.06. The van der Waals surface area contributed by atoms with Crippen LogP contribution >= 0.6 is 11.8 Å². The van der Waals surface area contributed by atoms with Crippen LogP contribution in [0.5, 0.6) is 0 Å². The average Bonchev–Trinajstić information content (AvgIpc) is 2.66. The van der Waals surface area contributed by atoms with E-state index >= 15 is 0 Å². The fourth-order valence-electron chi connectivity index (χ4n) is 1.65. The quantitative estimate of drug-likeness (QED) is 0.679. The first-order chi connectivity index (χ1) is 7.17. The lowest BCUT2D eigenvalue weighted by molar-refractivity contribution is -0.136. The summed E-state index contributed by atoms with van der Waals surface area (Å²) in [5.74, 6) is 0. The summed E-state index contributed by atoms with van der Waals surface area (Å²) in [4.78, 5) is 4.01. The van der Waals surface area contributed by atoms with Gasteiger partial charge in [-0.05, 0) is 0 Å². The third-order valence-corrected chi connectivity index (χ3v) is 3.64. The number of hydrogen-bond acceptors (Lipinski definition) is 5. The van der Waals surface area contributed by atoms with Crippen LogP contribution in [-0.2, 0) is 4.74 Å². The smallest absolute Gasteiger partial charge is 0.159 e. The topological polar surface area (TPSA) is 53.9 Å². The Morgan fingerprint density at radius 2 is 2.40 bits per heavy atom. The minimum atomic E-state index is -1.57. The minimum Gasteiger partial charge on any atom is -0.387 e. The van der Waals surface area contributed by atoms with E-state index in [0.29, 0.717) is 5.17 Å². The molecule has 0 aromatic heterocycles. The highest BCUT2D eigenvalue weighted by Gasteiger charge is 2.49. The van der Waals surface area contributed by atoms with Crippen LogP contribution in [0.2, 0.25) is 0 Å². The fourth-order valence-corrected chi connectivity index (χ4v) is 2.72. The molecule has 2 rings (SSSR count). The average molecular weight is 238 g/mol. The van der Waals surface area contributed by atoms with Gasteiger partial charge in [0, 0.05) is 7.05 Å². The molecule has 4 nitrogen and oxygen atoms in total. The number of rotatable bonds is 1. The molecule has 15 heavy (non-hydrogen) atoms. The first-order valence-corrected chi connectivity index (χ1v) is 5.51. The van der Waals surface area contributed by atoms with E-state index in [0.717, 1.165) is 0 Å². The van der Waals surface area contributed by atoms with Gasteiger partial charge >= 0.3 is 0 Å². The second-order valence-electron chi connectivity index (χ2n) is 3.42. The minimum absolute atomic E-state index is 0.536. The van der Waals surface area contributed by atoms with Gasteiger partial charge in [0.25, 0.3) is 0 Å². The molecule has 0 aliphatic carbocycles. The summed E-state index contributed by atoms with van der Waals surface area (Å²) in [6.45, 7) is -0.889. The van der Waals surface area contributed by atoms with E-state index in [1.54, 1.807) is 7.05 Å². The highest BCUT2D eigenvalue weighted by Crippen LogP contribution is 2.37. The zero-order valence-corrected chi connectivity index (χ0v) is 8.88. The first kappa shape index (κ1) is 11.1. The molecular formula is C8H12F2N2O2S. The van der Waals surface area contributed by atoms with Gasteiger partial charge in [0.05, 0.1) is 0 Å². The lowest BCUT2D eigenvalue weighted by Gasteiger charge is -2.35. The molecule has 7 heteroatoms. The molecular weight excluding hydrogens is 226 g/mol. The summed E-state index contributed by atoms with van der Waals surface area (Å²) in [5.41, 5.74) is -0.536. The molecule has 0 amide bonds. The number of amidine groups is 1. The maximum absolute atomic E-state index is 13.6. The van der Waals surface area contributed by atoms with Crippen molar-refractivity contribution in [3.8, 4) is 0 Å². The SMILES string of the molecule is CNC1=N[C@@H]2[C@@H](F)[C@H](O)[C@@H](CF)O[C@@H]2S1. The van der Waals surface area contributed by atoms with Crippen molar-refractivity contribution in [1.29, 1.82) is 0 Å². The molecule has 1 fully saturated rings. The van der Waals surface area contributed by atoms with E-state index < -0.39 is 36.5 Å². The molecule has 2 aliphatic heterocycles. The molecule has 1 saturated heterocycles. The molecule has 86 valence electrons. The van der Waals surface area contributed by atoms with Crippen LogP contribution in [-0.4, -0.2) is 53.9 Å². The maximum Gasteiger partial charge on any atom is 0.159 e. The molecule has 5 atom stereocenters. The highest BCUT2D eigenvalue weighted by atomic mass is 32.2. The molecule has 0 aromatic rings. The molecule has 0 unspecified atom stereocenters. The van der Waals surface area contributed by atoms with Gasteiger partial charge in [0.15, 0.2) is 11.3 Å². The lowest BCUT2D eigenvalue weighted by Crippen LogP contribution is -2.53. The van der Waals surface area contributed by atoms with Crippen molar-refractivity contribution >= 4 is 16.9 Å². The van der Waals surface area contributed by atoms with Gasteiger partial charge in [0.2, 0.25) is 0 Å². The van der Waals surface area contributed by atoms with Crippen molar-refractivity contribution in [3.63, 3.8) is 0 Å². The zero-order chi connectivity index (χ0) is 11.0. The van der Waals surface area contributed by atoms with Crippen LogP contribution in [0.25, 0.3) is 0 Å². The maximum atomic E-state index is 13.6. The van der Waals surface area contributed by atoms with Gasteiger partial charge in [0.1, 0.15) is 30.4 Å². The summed E-state index contributed by atoms with van der Waals surface area (Å²) in [5, 5.41) is 12.7. The molecule has 0 saturated carbocycles. The molecule has 0 spiro atoms. The number of halogens is 2. The fraction of sp³-hybridized carbons (Fsp3) is 0.875. The van der Waals surface area contributed by atoms with Crippen LogP contribution < -0.4 is 5.32 Å². The van der Waals surface area contributed by atoms with Crippen LogP contribution in [0.15, 0.2) is 4.99 Å². The summed E-state index contributed by atoms with van der Waals surface area (Å²) < 4.78 is 31.3. The van der Waals surface area contributed by atoms with Crippen molar-refractivity contribution in [3.05, 3.63) is 0 Å². The molecule has 0 aromatic carbocycles. The molecule has 2 aliphatic rings. The Morgan fingerprint density at radius 1 is 1.67 bits per heavy atom. The number of aliphatic imine (C=N–C) groups is 1. The second-order valence-corrected chi connectivity index (χ2v) is 4.51. The van der Waals surface area contributed by atoms with Crippen molar-refractivity contribution < 1.29 is 18.6 Å². The van der Waals surface area contributed by atoms with Crippen molar-refractivity contribution in [2.24, 2.45) is 4.99 Å². The van der Waals surface area contributed by atoms with E-state index in [-0.39, 0.29) is 0 Å². The molecule has 0 bridgehead atoms. The standard InChI is InChI=1S/C8H12F2N2O2S/c1-11-8-12-5-4(10)6(13)3(2-9)14-7(5)15-8/h3-7,13H,2H2,1H3,(H,11,12)/t3-,4-,5-,6-,7-/m1/s1. The second kappa shape index (κ2) is 4.23. The number of aliphatic hydroxyl groups excluding tert-OH is 1. The highest BCUT2D eigenvalue weighted by molar-refractivity contribution is 8.14. The van der Waals surface area contributed by atoms with Crippen molar-refractivity contribution in [2.45, 2.75) is 29.9 Å². The summed E-state index contributed by atoms with van der Waals surface area (Å²) in [6.07, 6.45) is -4.08. The third-order valence-electron chi connectivity index (χ3n) is 2.48. The molecule has 2 N–H and O–H groups in total. The number of hydrogen-bond donors (Lipinski definition) is 2. The number of alkyl halides is 2. The van der Waals surface area contributed by atoms with Crippen LogP contribution in [0, 0.1) is 0 Å². The summed E-state index contributed by atoms with van der Waals surface area (Å²) >= 11 is 1.22. The number of thioether (sulfide) groups is 1. The predicted molar refractivity (Wildman–Crippen MR) is 53.4 cm³/mol. The van der Waals surface area contributed by atoms with Gasteiger partial charge in [-0.25, -0.2) is 8.78 Å². The number of ether oxygens (including phenoxy) is 1. The van der Waals surface area contributed by atoms with E-state index in [2.05, 4.69) is 10.3 Å². The monoisotopic (exact) mass is 238 g/mol. The van der Waals surface area contributed by atoms with Gasteiger partial charge in [-0.1, -0.05) is 11.8 Å². The first-order valence-electron chi connectivity index (χ1n) is 4.63. The van der Waals surface area contributed by atoms with Crippen LogP contribution in [0.3, 0.4) is 0 Å². The Labute approximate surface area is 90.1 Å². The lowest BCUT2D eigenvalue weighted by atomic mass is 10.0. The Hall–Kier alpha value is -0.400. The Balaban J connectivity index is 2.12. The predicted octanol–water partition coefficient (Wildman–Crippen LogP) is 0.0706. The number of nitrogens with zero attached hydrogens (tertiary/aromatic N) is 1. The van der Waals surface area contributed by atoms with Gasteiger partial charge < -0.3 is 15.2 Å². The summed E-state index contributed by atoms with van der Waals surface area (Å²) in [7, 11) is 1.67. The number of aliphatic hydroxyl groups is 1. The Bertz CT molecular complexity index is 279. The Morgan fingerprint density at radius 3 is 3.00 bits per heavy atom. The van der Waals surface area contributed by atoms with E-state index in [1.807, 2.05) is 0 Å². The van der Waals surface area contributed by atoms with E-state index in [9.17, 15) is 13.9 Å². The van der Waals surface area contributed by atoms with E-state index in [4.69, 9.17) is 4.74 Å². The summed E-state index contributed by atoms with van der Waals surface area (Å²) in [6, 6.07) is -0.741. The van der Waals surface area contributed by atoms with Gasteiger partial charge in [-0.15, -0.1) is 0 Å². The molecule has 2 heterocycles. The Kier molecular flexibility index (Phi) is 3.13. The molecule has 0 radical (unpaired) electrons. The third kappa shape index (κ3) is 1.83. The van der Waals surface area contributed by atoms with E-state index in [1.165, 1.54) is 11.8 Å². The van der Waals surface area contributed by atoms with Crippen molar-refractivity contribution in [2.75, 3.05) is 13.7 Å². The van der Waals surface area contributed by atoms with Gasteiger partial charge in [-0.2, -0.15) is 0 Å². The number of fused-ring (bicyclic) bond motifs is 1. The van der Waals surface area contributed by atoms with Crippen LogP contribution in [0.1, 0.15) is 0 Å². The largest absolute Gasteiger partial charge is 0.387 e. The number of nitrogens with one attached hydrogen (secondary N) is 1. The van der Waals surface area contributed by atoms with Gasteiger partial charge in [-0.3, -0.25) is 4.99 Å². The van der Waals surface area contributed by atoms with Crippen LogP contribution in [0.4, 0.5) is 8.78 Å².